The fourth-order valence-corrected chi connectivity index (χ4v) is 6.69. The highest BCUT2D eigenvalue weighted by molar-refractivity contribution is 8.02. The van der Waals surface area contributed by atoms with E-state index in [1.54, 1.807) is 11.3 Å². The van der Waals surface area contributed by atoms with E-state index in [0.717, 1.165) is 47.6 Å². The van der Waals surface area contributed by atoms with E-state index < -0.39 is 0 Å². The highest BCUT2D eigenvalue weighted by atomic mass is 32.2. The molecule has 0 bridgehead atoms. The molecule has 1 saturated carbocycles. The van der Waals surface area contributed by atoms with Crippen LogP contribution in [0.4, 0.5) is 5.69 Å². The first-order valence-electron chi connectivity index (χ1n) is 9.73. The zero-order valence-electron chi connectivity index (χ0n) is 16.3. The molecule has 2 aromatic heterocycles. The van der Waals surface area contributed by atoms with Gasteiger partial charge in [0.25, 0.3) is 0 Å². The highest BCUT2D eigenvalue weighted by Crippen LogP contribution is 2.32. The van der Waals surface area contributed by atoms with Gasteiger partial charge in [-0.2, -0.15) is 0 Å². The molecule has 0 atom stereocenters. The molecule has 158 valence electrons. The Morgan fingerprint density at radius 2 is 1.58 bits per heavy atom. The van der Waals surface area contributed by atoms with Gasteiger partial charge in [0.1, 0.15) is 0 Å². The molecule has 2 amide bonds. The lowest BCUT2D eigenvalue weighted by atomic mass is 10.3. The molecule has 0 unspecified atom stereocenters. The lowest BCUT2D eigenvalue weighted by Gasteiger charge is -2.03. The van der Waals surface area contributed by atoms with E-state index >= 15 is 0 Å². The molecule has 1 aliphatic rings. The van der Waals surface area contributed by atoms with Crippen molar-refractivity contribution >= 4 is 84.1 Å². The number of carbonyl (C=O) groups excluding carboxylic acids is 2. The monoisotopic (exact) mass is 486 g/mol. The molecule has 0 spiro atoms. The molecule has 2 N–H and O–H groups in total. The Hall–Kier alpha value is -2.14. The number of carbonyl (C=O) groups is 2. The molecule has 4 aromatic rings. The Bertz CT molecular complexity index is 1230. The lowest BCUT2D eigenvalue weighted by molar-refractivity contribution is -0.118. The van der Waals surface area contributed by atoms with Crippen LogP contribution in [0.25, 0.3) is 20.4 Å². The van der Waals surface area contributed by atoms with Crippen LogP contribution in [-0.2, 0) is 9.59 Å². The summed E-state index contributed by atoms with van der Waals surface area (Å²) in [6.45, 7) is 0. The maximum absolute atomic E-state index is 12.4. The number of nitrogens with one attached hydrogen (secondary N) is 2. The normalized spacial score (nSPS) is 13.5. The van der Waals surface area contributed by atoms with Crippen molar-refractivity contribution in [3.63, 3.8) is 0 Å². The number of anilines is 1. The van der Waals surface area contributed by atoms with Crippen LogP contribution in [-0.4, -0.2) is 39.3 Å². The number of aromatic nitrogens is 2. The van der Waals surface area contributed by atoms with Crippen LogP contribution in [0.2, 0.25) is 0 Å². The maximum Gasteiger partial charge on any atom is 0.234 e. The smallest absolute Gasteiger partial charge is 0.234 e. The van der Waals surface area contributed by atoms with Crippen molar-refractivity contribution in [2.75, 3.05) is 16.8 Å². The van der Waals surface area contributed by atoms with Crippen molar-refractivity contribution in [2.45, 2.75) is 27.6 Å². The summed E-state index contributed by atoms with van der Waals surface area (Å²) in [6.07, 6.45) is 2.18. The van der Waals surface area contributed by atoms with Gasteiger partial charge in [-0.25, -0.2) is 9.97 Å². The van der Waals surface area contributed by atoms with Crippen LogP contribution in [0.3, 0.4) is 0 Å². The van der Waals surface area contributed by atoms with Gasteiger partial charge in [0.15, 0.2) is 8.68 Å². The van der Waals surface area contributed by atoms with Crippen LogP contribution >= 0.6 is 46.2 Å². The topological polar surface area (TPSA) is 84.0 Å². The maximum atomic E-state index is 12.4. The van der Waals surface area contributed by atoms with Crippen LogP contribution in [0.15, 0.2) is 51.1 Å². The van der Waals surface area contributed by atoms with Crippen LogP contribution in [0.1, 0.15) is 12.8 Å². The van der Waals surface area contributed by atoms with Gasteiger partial charge in [-0.05, 0) is 43.2 Å². The second kappa shape index (κ2) is 9.15. The summed E-state index contributed by atoms with van der Waals surface area (Å²) in [5.41, 5.74) is 2.58. The van der Waals surface area contributed by atoms with E-state index in [9.17, 15) is 9.59 Å². The lowest BCUT2D eigenvalue weighted by Crippen LogP contribution is -2.26. The third-order valence-corrected chi connectivity index (χ3v) is 8.86. The molecular formula is C21H18N4O2S4. The summed E-state index contributed by atoms with van der Waals surface area (Å²) >= 11 is 6.03. The fourth-order valence-electron chi connectivity index (χ4n) is 2.90. The quantitative estimate of drug-likeness (QED) is 0.341. The second-order valence-electron chi connectivity index (χ2n) is 7.08. The number of thioether (sulfide) groups is 2. The second-order valence-corrected chi connectivity index (χ2v) is 11.6. The van der Waals surface area contributed by atoms with Gasteiger partial charge < -0.3 is 10.6 Å². The SMILES string of the molecule is O=C(CSc1nc2ccccc2s1)Nc1ccc2nc(SCC(=O)NC3CC3)sc2c1. The predicted molar refractivity (Wildman–Crippen MR) is 130 cm³/mol. The van der Waals surface area contributed by atoms with Crippen molar-refractivity contribution < 1.29 is 9.59 Å². The van der Waals surface area contributed by atoms with Gasteiger partial charge in [-0.15, -0.1) is 22.7 Å². The van der Waals surface area contributed by atoms with E-state index in [1.807, 2.05) is 42.5 Å². The Morgan fingerprint density at radius 1 is 0.903 bits per heavy atom. The molecule has 6 nitrogen and oxygen atoms in total. The molecule has 0 aliphatic heterocycles. The summed E-state index contributed by atoms with van der Waals surface area (Å²) in [7, 11) is 0. The van der Waals surface area contributed by atoms with Gasteiger partial charge in [-0.3, -0.25) is 9.59 Å². The minimum Gasteiger partial charge on any atom is -0.353 e. The molecule has 0 radical (unpaired) electrons. The minimum absolute atomic E-state index is 0.0605. The van der Waals surface area contributed by atoms with Crippen LogP contribution in [0.5, 0.6) is 0 Å². The molecular weight excluding hydrogens is 469 g/mol. The first kappa shape index (κ1) is 20.7. The Morgan fingerprint density at radius 3 is 2.32 bits per heavy atom. The molecule has 1 aliphatic carbocycles. The Kier molecular flexibility index (Phi) is 6.13. The number of rotatable bonds is 8. The fraction of sp³-hybridized carbons (Fsp3) is 0.238. The molecule has 2 heterocycles. The molecule has 5 rings (SSSR count). The Labute approximate surface area is 195 Å². The summed E-state index contributed by atoms with van der Waals surface area (Å²) < 4.78 is 3.86. The summed E-state index contributed by atoms with van der Waals surface area (Å²) in [4.78, 5) is 33.4. The summed E-state index contributed by atoms with van der Waals surface area (Å²) in [6, 6.07) is 14.0. The van der Waals surface area contributed by atoms with Crippen LogP contribution in [0, 0.1) is 0 Å². The van der Waals surface area contributed by atoms with E-state index in [1.165, 1.54) is 34.9 Å². The van der Waals surface area contributed by atoms with Gasteiger partial charge in [0, 0.05) is 11.7 Å². The zero-order valence-corrected chi connectivity index (χ0v) is 19.6. The van der Waals surface area contributed by atoms with Crippen molar-refractivity contribution in [3.05, 3.63) is 42.5 Å². The average molecular weight is 487 g/mol. The molecule has 2 aromatic carbocycles. The number of fused-ring (bicyclic) bond motifs is 2. The number of thiazole rings is 2. The highest BCUT2D eigenvalue weighted by Gasteiger charge is 2.23. The van der Waals surface area contributed by atoms with Crippen LogP contribution < -0.4 is 10.6 Å². The number of hydrogen-bond donors (Lipinski definition) is 2. The third-order valence-electron chi connectivity index (χ3n) is 4.52. The van der Waals surface area contributed by atoms with Crippen molar-refractivity contribution in [3.8, 4) is 0 Å². The van der Waals surface area contributed by atoms with E-state index in [-0.39, 0.29) is 11.8 Å². The Balaban J connectivity index is 1.16. The van der Waals surface area contributed by atoms with Crippen molar-refractivity contribution in [1.82, 2.24) is 15.3 Å². The first-order valence-corrected chi connectivity index (χ1v) is 13.3. The van der Waals surface area contributed by atoms with Crippen molar-refractivity contribution in [2.24, 2.45) is 0 Å². The number of para-hydroxylation sites is 1. The van der Waals surface area contributed by atoms with E-state index in [2.05, 4.69) is 20.6 Å². The third kappa shape index (κ3) is 5.38. The van der Waals surface area contributed by atoms with E-state index in [4.69, 9.17) is 0 Å². The average Bonchev–Trinajstić information content (AvgIpc) is 3.32. The summed E-state index contributed by atoms with van der Waals surface area (Å²) in [5.74, 6) is 0.672. The zero-order chi connectivity index (χ0) is 21.2. The molecule has 10 heteroatoms. The van der Waals surface area contributed by atoms with E-state index in [0.29, 0.717) is 17.5 Å². The predicted octanol–water partition coefficient (Wildman–Crippen LogP) is 5.01. The molecule has 1 fully saturated rings. The molecule has 0 saturated heterocycles. The minimum atomic E-state index is -0.0699. The molecule has 31 heavy (non-hydrogen) atoms. The standard InChI is InChI=1S/C21H18N4O2S4/c26-18(22-12-5-6-12)10-29-21-25-15-8-7-13(9-17(15)31-21)23-19(27)11-28-20-24-14-3-1-2-4-16(14)30-20/h1-4,7-9,12H,5-6,10-11H2,(H,22,26)(H,23,27). The number of nitrogens with zero attached hydrogens (tertiary/aromatic N) is 2. The van der Waals surface area contributed by atoms with Gasteiger partial charge in [0.05, 0.1) is 31.9 Å². The van der Waals surface area contributed by atoms with Crippen molar-refractivity contribution in [1.29, 1.82) is 0 Å². The number of amides is 2. The first-order chi connectivity index (χ1) is 15.1. The van der Waals surface area contributed by atoms with Gasteiger partial charge in [0.2, 0.25) is 11.8 Å². The largest absolute Gasteiger partial charge is 0.353 e. The van der Waals surface area contributed by atoms with Gasteiger partial charge in [-0.1, -0.05) is 35.7 Å². The number of hydrogen-bond acceptors (Lipinski definition) is 8. The number of benzene rings is 2. The van der Waals surface area contributed by atoms with Gasteiger partial charge >= 0.3 is 0 Å². The summed E-state index contributed by atoms with van der Waals surface area (Å²) in [5, 5.41) is 5.93.